The van der Waals surface area contributed by atoms with Crippen LogP contribution in [0.5, 0.6) is 0 Å². The van der Waals surface area contributed by atoms with Gasteiger partial charge in [0.05, 0.1) is 0 Å². The number of benzene rings is 2. The van der Waals surface area contributed by atoms with E-state index < -0.39 is 5.41 Å². The molecule has 0 radical (unpaired) electrons. The molecule has 0 aliphatic heterocycles. The lowest BCUT2D eigenvalue weighted by Crippen LogP contribution is -2.37. The first kappa shape index (κ1) is 18.8. The lowest BCUT2D eigenvalue weighted by atomic mass is 9.66. The Hall–Kier alpha value is -1.97. The summed E-state index contributed by atoms with van der Waals surface area (Å²) < 4.78 is 0.970. The van der Waals surface area contributed by atoms with Crippen molar-refractivity contribution in [2.75, 3.05) is 0 Å². The topological polar surface area (TPSA) is 30.0 Å². The van der Waals surface area contributed by atoms with E-state index in [2.05, 4.69) is 20.9 Å². The highest BCUT2D eigenvalue weighted by Gasteiger charge is 2.42. The maximum absolute atomic E-state index is 13.2. The Labute approximate surface area is 167 Å². The zero-order valence-electron chi connectivity index (χ0n) is 14.9. The molecule has 0 unspecified atom stereocenters. The van der Waals surface area contributed by atoms with Crippen molar-refractivity contribution in [1.82, 2.24) is 4.98 Å². The van der Waals surface area contributed by atoms with E-state index in [0.29, 0.717) is 5.02 Å². The van der Waals surface area contributed by atoms with Gasteiger partial charge in [0.1, 0.15) is 11.2 Å². The van der Waals surface area contributed by atoms with Gasteiger partial charge in [-0.25, -0.2) is 0 Å². The fraction of sp³-hybridized carbons (Fsp3) is 0.182. The van der Waals surface area contributed by atoms with Crippen LogP contribution in [0, 0.1) is 13.8 Å². The molecule has 0 aliphatic rings. The number of ketones is 1. The molecule has 2 aromatic carbocycles. The Kier molecular flexibility index (Phi) is 5.31. The van der Waals surface area contributed by atoms with Gasteiger partial charge in [0.25, 0.3) is 0 Å². The Bertz CT molecular complexity index is 968. The van der Waals surface area contributed by atoms with Crippen LogP contribution in [0.2, 0.25) is 5.02 Å². The van der Waals surface area contributed by atoms with Crippen molar-refractivity contribution in [2.24, 2.45) is 0 Å². The molecule has 3 rings (SSSR count). The van der Waals surface area contributed by atoms with Crippen LogP contribution < -0.4 is 0 Å². The predicted octanol–water partition coefficient (Wildman–Crippen LogP) is 6.04. The molecule has 4 heteroatoms. The molecule has 0 saturated heterocycles. The molecule has 132 valence electrons. The molecule has 0 spiro atoms. The third-order valence-corrected chi connectivity index (χ3v) is 5.49. The van der Waals surface area contributed by atoms with Gasteiger partial charge in [-0.15, -0.1) is 0 Å². The van der Waals surface area contributed by atoms with Gasteiger partial charge in [0.2, 0.25) is 0 Å². The first-order valence-corrected chi connectivity index (χ1v) is 9.49. The molecule has 1 atom stereocenters. The highest BCUT2D eigenvalue weighted by Crippen LogP contribution is 2.42. The zero-order chi connectivity index (χ0) is 18.9. The number of aromatic nitrogens is 1. The second-order valence-corrected chi connectivity index (χ2v) is 7.81. The Morgan fingerprint density at radius 1 is 1.00 bits per heavy atom. The molecular weight excluding hydrogens is 410 g/mol. The van der Waals surface area contributed by atoms with Gasteiger partial charge in [-0.3, -0.25) is 9.78 Å². The number of hydrogen-bond donors (Lipinski definition) is 0. The van der Waals surface area contributed by atoms with E-state index in [9.17, 15) is 4.79 Å². The molecular formula is C22H19BrClNO. The highest BCUT2D eigenvalue weighted by molar-refractivity contribution is 9.10. The van der Waals surface area contributed by atoms with Crippen LogP contribution in [0.15, 0.2) is 65.3 Å². The van der Waals surface area contributed by atoms with E-state index in [1.807, 2.05) is 68.4 Å². The third kappa shape index (κ3) is 3.22. The van der Waals surface area contributed by atoms with Crippen molar-refractivity contribution in [2.45, 2.75) is 26.2 Å². The average Bonchev–Trinajstić information content (AvgIpc) is 2.58. The summed E-state index contributed by atoms with van der Waals surface area (Å²) in [6.45, 7) is 5.57. The predicted molar refractivity (Wildman–Crippen MR) is 110 cm³/mol. The van der Waals surface area contributed by atoms with Crippen molar-refractivity contribution in [1.29, 1.82) is 0 Å². The molecule has 0 fully saturated rings. The summed E-state index contributed by atoms with van der Waals surface area (Å²) in [5.41, 5.74) is 3.70. The summed E-state index contributed by atoms with van der Waals surface area (Å²) in [6.07, 6.45) is 1.76. The molecule has 1 aromatic heterocycles. The molecule has 0 amide bonds. The number of aryl methyl sites for hydroxylation is 2. The summed E-state index contributed by atoms with van der Waals surface area (Å²) in [4.78, 5) is 17.5. The van der Waals surface area contributed by atoms with E-state index in [1.165, 1.54) is 0 Å². The van der Waals surface area contributed by atoms with Gasteiger partial charge in [-0.05, 0) is 79.4 Å². The van der Waals surface area contributed by atoms with Crippen molar-refractivity contribution in [3.05, 3.63) is 98.2 Å². The van der Waals surface area contributed by atoms with Crippen molar-refractivity contribution in [3.63, 3.8) is 0 Å². The number of halogens is 2. The van der Waals surface area contributed by atoms with Crippen LogP contribution in [0.1, 0.15) is 34.9 Å². The minimum atomic E-state index is -0.914. The van der Waals surface area contributed by atoms with E-state index >= 15 is 0 Å². The average molecular weight is 429 g/mol. The Morgan fingerprint density at radius 3 is 2.27 bits per heavy atom. The summed E-state index contributed by atoms with van der Waals surface area (Å²) in [5, 5.41) is 0.658. The number of nitrogens with zero attached hydrogens (tertiary/aromatic N) is 1. The molecule has 2 nitrogen and oxygen atoms in total. The highest BCUT2D eigenvalue weighted by atomic mass is 79.9. The monoisotopic (exact) mass is 427 g/mol. The maximum Gasteiger partial charge on any atom is 0.149 e. The third-order valence-electron chi connectivity index (χ3n) is 4.73. The van der Waals surface area contributed by atoms with Gasteiger partial charge in [-0.2, -0.15) is 0 Å². The fourth-order valence-corrected chi connectivity index (χ4v) is 4.09. The van der Waals surface area contributed by atoms with Crippen molar-refractivity contribution < 1.29 is 4.79 Å². The number of rotatable bonds is 4. The maximum atomic E-state index is 13.2. The normalized spacial score (nSPS) is 13.3. The lowest BCUT2D eigenvalue weighted by molar-refractivity contribution is -0.119. The Morgan fingerprint density at radius 2 is 1.69 bits per heavy atom. The minimum absolute atomic E-state index is 0.0517. The summed E-state index contributed by atoms with van der Waals surface area (Å²) in [7, 11) is 0. The van der Waals surface area contributed by atoms with Crippen molar-refractivity contribution in [3.8, 4) is 0 Å². The van der Waals surface area contributed by atoms with Crippen LogP contribution in [-0.4, -0.2) is 10.8 Å². The number of pyridine rings is 1. The van der Waals surface area contributed by atoms with Gasteiger partial charge in [0, 0.05) is 21.4 Å². The van der Waals surface area contributed by atoms with E-state index in [-0.39, 0.29) is 5.78 Å². The number of hydrogen-bond acceptors (Lipinski definition) is 2. The number of Topliss-reactive ketones (excluding diaryl/α,β-unsaturated/α-hetero) is 1. The fourth-order valence-electron chi connectivity index (χ4n) is 3.60. The SMILES string of the molecule is CC(=O)[C@](c1ccc(Br)cc1)(c1ccnc(C)c1)c1ccc(Cl)cc1C. The van der Waals surface area contributed by atoms with Gasteiger partial charge >= 0.3 is 0 Å². The standard InChI is InChI=1S/C22H19BrClNO/c1-14-12-20(24)8-9-21(14)22(16(3)26,17-4-6-19(23)7-5-17)18-10-11-25-15(2)13-18/h4-13H,1-3H3/t22-/m0/s1. The lowest BCUT2D eigenvalue weighted by Gasteiger charge is -2.35. The first-order chi connectivity index (χ1) is 12.4. The molecule has 1 heterocycles. The summed E-state index contributed by atoms with van der Waals surface area (Å²) >= 11 is 9.67. The molecule has 26 heavy (non-hydrogen) atoms. The van der Waals surface area contributed by atoms with Crippen LogP contribution >= 0.6 is 27.5 Å². The molecule has 3 aromatic rings. The van der Waals surface area contributed by atoms with Crippen LogP contribution in [0.25, 0.3) is 0 Å². The molecule has 0 saturated carbocycles. The van der Waals surface area contributed by atoms with Crippen LogP contribution in [0.3, 0.4) is 0 Å². The smallest absolute Gasteiger partial charge is 0.149 e. The summed E-state index contributed by atoms with van der Waals surface area (Å²) in [6, 6.07) is 17.5. The largest absolute Gasteiger partial charge is 0.298 e. The van der Waals surface area contributed by atoms with Gasteiger partial charge in [0.15, 0.2) is 0 Å². The van der Waals surface area contributed by atoms with E-state index in [1.54, 1.807) is 13.1 Å². The second-order valence-electron chi connectivity index (χ2n) is 6.46. The molecule has 0 aliphatic carbocycles. The first-order valence-electron chi connectivity index (χ1n) is 8.32. The van der Waals surface area contributed by atoms with E-state index in [4.69, 9.17) is 11.6 Å². The van der Waals surface area contributed by atoms with E-state index in [0.717, 1.165) is 32.4 Å². The molecule has 0 N–H and O–H groups in total. The summed E-state index contributed by atoms with van der Waals surface area (Å²) in [5.74, 6) is 0.0517. The Balaban J connectivity index is 2.43. The second kappa shape index (κ2) is 7.34. The number of carbonyl (C=O) groups excluding carboxylic acids is 1. The van der Waals surface area contributed by atoms with Gasteiger partial charge < -0.3 is 0 Å². The quantitative estimate of drug-likeness (QED) is 0.507. The zero-order valence-corrected chi connectivity index (χ0v) is 17.2. The minimum Gasteiger partial charge on any atom is -0.298 e. The van der Waals surface area contributed by atoms with Gasteiger partial charge in [-0.1, -0.05) is 45.7 Å². The van der Waals surface area contributed by atoms with Crippen LogP contribution in [-0.2, 0) is 10.2 Å². The molecule has 0 bridgehead atoms. The van der Waals surface area contributed by atoms with Crippen molar-refractivity contribution >= 4 is 33.3 Å². The number of carbonyl (C=O) groups is 1. The van der Waals surface area contributed by atoms with Crippen LogP contribution in [0.4, 0.5) is 0 Å².